The first kappa shape index (κ1) is 23.7. The van der Waals surface area contributed by atoms with Gasteiger partial charge in [-0.2, -0.15) is 0 Å². The lowest BCUT2D eigenvalue weighted by molar-refractivity contribution is -0.115. The number of halogens is 3. The third kappa shape index (κ3) is 5.52. The van der Waals surface area contributed by atoms with Gasteiger partial charge in [0.2, 0.25) is 5.91 Å². The number of carbonyl (C=O) groups is 1. The Hall–Kier alpha value is -3.50. The Morgan fingerprint density at radius 2 is 1.47 bits per heavy atom. The smallest absolute Gasteiger partial charge is 0.230 e. The average Bonchev–Trinajstić information content (AvgIpc) is 3.16. The molecule has 1 amide bonds. The third-order valence-corrected chi connectivity index (χ3v) is 6.97. The van der Waals surface area contributed by atoms with Crippen LogP contribution in [-0.2, 0) is 21.1 Å². The molecule has 0 fully saturated rings. The van der Waals surface area contributed by atoms with Crippen molar-refractivity contribution in [3.63, 3.8) is 0 Å². The first-order chi connectivity index (χ1) is 16.1. The lowest BCUT2D eigenvalue weighted by atomic mass is 10.1. The van der Waals surface area contributed by atoms with E-state index in [1.807, 2.05) is 0 Å². The summed E-state index contributed by atoms with van der Waals surface area (Å²) in [5.74, 6) is -2.50. The summed E-state index contributed by atoms with van der Waals surface area (Å²) in [6.45, 7) is 0. The number of aromatic nitrogens is 1. The Balaban J connectivity index is 1.67. The van der Waals surface area contributed by atoms with Gasteiger partial charge in [0, 0.05) is 17.9 Å². The molecule has 0 bridgehead atoms. The molecular weight excluding hydrogens is 485 g/mol. The maximum absolute atomic E-state index is 13.4. The van der Waals surface area contributed by atoms with Crippen molar-refractivity contribution < 1.29 is 26.4 Å². The summed E-state index contributed by atoms with van der Waals surface area (Å²) in [6, 6.07) is 14.7. The van der Waals surface area contributed by atoms with E-state index in [2.05, 4.69) is 10.3 Å². The van der Waals surface area contributed by atoms with E-state index in [0.717, 1.165) is 35.8 Å². The summed E-state index contributed by atoms with van der Waals surface area (Å²) >= 11 is 1.14. The Labute approximate surface area is 197 Å². The van der Waals surface area contributed by atoms with Crippen LogP contribution in [0.25, 0.3) is 21.7 Å². The zero-order valence-corrected chi connectivity index (χ0v) is 19.3. The van der Waals surface area contributed by atoms with Crippen LogP contribution in [0.15, 0.2) is 71.6 Å². The molecule has 0 atom stereocenters. The maximum atomic E-state index is 13.4. The molecule has 0 saturated heterocycles. The average molecular weight is 503 g/mol. The van der Waals surface area contributed by atoms with Gasteiger partial charge in [-0.1, -0.05) is 35.6 Å². The minimum absolute atomic E-state index is 0.144. The molecule has 0 saturated carbocycles. The van der Waals surface area contributed by atoms with Crippen LogP contribution in [0.1, 0.15) is 5.56 Å². The molecule has 1 aromatic heterocycles. The zero-order chi connectivity index (χ0) is 24.5. The molecule has 5 nitrogen and oxygen atoms in total. The lowest BCUT2D eigenvalue weighted by Crippen LogP contribution is -2.14. The van der Waals surface area contributed by atoms with E-state index >= 15 is 0 Å². The van der Waals surface area contributed by atoms with Crippen LogP contribution in [0.3, 0.4) is 0 Å². The molecule has 4 rings (SSSR count). The number of amides is 1. The van der Waals surface area contributed by atoms with Crippen molar-refractivity contribution in [3.8, 4) is 21.7 Å². The van der Waals surface area contributed by atoms with E-state index < -0.39 is 33.2 Å². The summed E-state index contributed by atoms with van der Waals surface area (Å²) < 4.78 is 63.8. The van der Waals surface area contributed by atoms with E-state index in [1.165, 1.54) is 24.3 Å². The molecule has 10 heteroatoms. The minimum atomic E-state index is -3.39. The molecule has 0 spiro atoms. The van der Waals surface area contributed by atoms with E-state index in [9.17, 15) is 26.4 Å². The highest BCUT2D eigenvalue weighted by molar-refractivity contribution is 7.90. The van der Waals surface area contributed by atoms with E-state index in [4.69, 9.17) is 0 Å². The summed E-state index contributed by atoms with van der Waals surface area (Å²) in [7, 11) is -3.39. The molecule has 0 radical (unpaired) electrons. The molecule has 34 heavy (non-hydrogen) atoms. The molecule has 1 N–H and O–H groups in total. The predicted octanol–water partition coefficient (Wildman–Crippen LogP) is 5.48. The van der Waals surface area contributed by atoms with Gasteiger partial charge in [0.05, 0.1) is 21.9 Å². The number of nitrogens with zero attached hydrogens (tertiary/aromatic N) is 1. The monoisotopic (exact) mass is 502 g/mol. The van der Waals surface area contributed by atoms with Gasteiger partial charge in [-0.25, -0.2) is 26.6 Å². The second-order valence-electron chi connectivity index (χ2n) is 7.50. The number of sulfone groups is 1. The van der Waals surface area contributed by atoms with Gasteiger partial charge >= 0.3 is 0 Å². The van der Waals surface area contributed by atoms with Crippen molar-refractivity contribution >= 4 is 32.2 Å². The molecule has 0 aliphatic rings. The highest BCUT2D eigenvalue weighted by atomic mass is 32.2. The van der Waals surface area contributed by atoms with Gasteiger partial charge in [0.25, 0.3) is 0 Å². The quantitative estimate of drug-likeness (QED) is 0.379. The summed E-state index contributed by atoms with van der Waals surface area (Å²) in [6.07, 6.45) is 0.839. The molecular formula is C24H17F3N2O3S2. The van der Waals surface area contributed by atoms with Gasteiger partial charge in [0.15, 0.2) is 15.0 Å². The number of rotatable bonds is 6. The first-order valence-corrected chi connectivity index (χ1v) is 12.6. The highest BCUT2D eigenvalue weighted by Gasteiger charge is 2.18. The molecule has 4 aromatic rings. The van der Waals surface area contributed by atoms with Crippen molar-refractivity contribution in [2.45, 2.75) is 11.3 Å². The van der Waals surface area contributed by atoms with Gasteiger partial charge in [-0.3, -0.25) is 4.79 Å². The number of benzene rings is 3. The fourth-order valence-corrected chi connectivity index (χ4v) is 4.93. The number of hydrogen-bond acceptors (Lipinski definition) is 5. The number of carbonyl (C=O) groups excluding carboxylic acids is 1. The number of thiazole rings is 1. The van der Waals surface area contributed by atoms with Crippen LogP contribution in [0.2, 0.25) is 0 Å². The molecule has 1 heterocycles. The fraction of sp³-hybridized carbons (Fsp3) is 0.0833. The standard InChI is InChI=1S/C24H17F3N2O3S2/c1-34(31,32)20-8-4-15(5-9-20)22-23(16-2-6-17(25)7-3-16)33-24(29-22)28-21(30)12-14-10-18(26)13-19(27)11-14/h2-11,13H,12H2,1H3,(H,28,29,30). The Kier molecular flexibility index (Phi) is 6.54. The van der Waals surface area contributed by atoms with Crippen LogP contribution in [0.4, 0.5) is 18.3 Å². The molecule has 3 aromatic carbocycles. The molecule has 0 unspecified atom stereocenters. The number of anilines is 1. The van der Waals surface area contributed by atoms with Crippen LogP contribution in [0.5, 0.6) is 0 Å². The van der Waals surface area contributed by atoms with Crippen molar-refractivity contribution in [1.82, 2.24) is 4.98 Å². The topological polar surface area (TPSA) is 76.1 Å². The second-order valence-corrected chi connectivity index (χ2v) is 10.5. The molecule has 174 valence electrons. The summed E-state index contributed by atoms with van der Waals surface area (Å²) in [4.78, 5) is 17.7. The van der Waals surface area contributed by atoms with E-state index in [-0.39, 0.29) is 22.0 Å². The minimum Gasteiger partial charge on any atom is -0.302 e. The van der Waals surface area contributed by atoms with Crippen LogP contribution < -0.4 is 5.32 Å². The Morgan fingerprint density at radius 3 is 2.06 bits per heavy atom. The van der Waals surface area contributed by atoms with Gasteiger partial charge in [-0.05, 0) is 47.5 Å². The highest BCUT2D eigenvalue weighted by Crippen LogP contribution is 2.39. The van der Waals surface area contributed by atoms with Crippen molar-refractivity contribution in [1.29, 1.82) is 0 Å². The van der Waals surface area contributed by atoms with E-state index in [1.54, 1.807) is 24.3 Å². The lowest BCUT2D eigenvalue weighted by Gasteiger charge is -2.04. The SMILES string of the molecule is CS(=O)(=O)c1ccc(-c2nc(NC(=O)Cc3cc(F)cc(F)c3)sc2-c2ccc(F)cc2)cc1. The van der Waals surface area contributed by atoms with Crippen LogP contribution in [-0.4, -0.2) is 25.6 Å². The fourth-order valence-electron chi connectivity index (χ4n) is 3.29. The number of nitrogens with one attached hydrogen (secondary N) is 1. The number of hydrogen-bond donors (Lipinski definition) is 1. The maximum Gasteiger partial charge on any atom is 0.230 e. The van der Waals surface area contributed by atoms with Crippen molar-refractivity contribution in [2.24, 2.45) is 0 Å². The van der Waals surface area contributed by atoms with Crippen molar-refractivity contribution in [3.05, 3.63) is 89.7 Å². The van der Waals surface area contributed by atoms with Crippen LogP contribution in [0, 0.1) is 17.5 Å². The normalized spacial score (nSPS) is 11.4. The second kappa shape index (κ2) is 9.40. The zero-order valence-electron chi connectivity index (χ0n) is 17.7. The van der Waals surface area contributed by atoms with Gasteiger partial charge < -0.3 is 5.32 Å². The van der Waals surface area contributed by atoms with Crippen LogP contribution >= 0.6 is 11.3 Å². The third-order valence-electron chi connectivity index (χ3n) is 4.82. The molecule has 0 aliphatic carbocycles. The largest absolute Gasteiger partial charge is 0.302 e. The molecule has 0 aliphatic heterocycles. The summed E-state index contributed by atoms with van der Waals surface area (Å²) in [5, 5.41) is 2.86. The Bertz CT molecular complexity index is 1450. The van der Waals surface area contributed by atoms with Crippen molar-refractivity contribution in [2.75, 3.05) is 11.6 Å². The predicted molar refractivity (Wildman–Crippen MR) is 125 cm³/mol. The van der Waals surface area contributed by atoms with Gasteiger partial charge in [-0.15, -0.1) is 0 Å². The van der Waals surface area contributed by atoms with Gasteiger partial charge in [0.1, 0.15) is 17.5 Å². The Morgan fingerprint density at radius 1 is 0.882 bits per heavy atom. The summed E-state index contributed by atoms with van der Waals surface area (Å²) in [5.41, 5.74) is 1.87. The first-order valence-electron chi connectivity index (χ1n) is 9.90. The van der Waals surface area contributed by atoms with E-state index in [0.29, 0.717) is 21.7 Å².